The number of amides is 1. The van der Waals surface area contributed by atoms with E-state index in [-0.39, 0.29) is 18.6 Å². The minimum atomic E-state index is 0.0103. The van der Waals surface area contributed by atoms with E-state index in [4.69, 9.17) is 14.2 Å². The second-order valence-electron chi connectivity index (χ2n) is 7.11. The summed E-state index contributed by atoms with van der Waals surface area (Å²) in [5.74, 6) is 1.51. The van der Waals surface area contributed by atoms with Crippen LogP contribution < -0.4 is 14.2 Å². The Balaban J connectivity index is 1.26. The summed E-state index contributed by atoms with van der Waals surface area (Å²) in [4.78, 5) is 18.8. The van der Waals surface area contributed by atoms with Gasteiger partial charge in [-0.25, -0.2) is 4.98 Å². The zero-order chi connectivity index (χ0) is 20.2. The monoisotopic (exact) mass is 412 g/mol. The van der Waals surface area contributed by atoms with Gasteiger partial charge in [0.05, 0.1) is 17.3 Å². The number of nitrogens with zero attached hydrogens (tertiary/aromatic N) is 2. The number of ether oxygens (including phenoxy) is 3. The van der Waals surface area contributed by atoms with Crippen molar-refractivity contribution in [2.24, 2.45) is 0 Å². The molecule has 0 unspecified atom stereocenters. The molecule has 0 saturated carbocycles. The number of fused-ring (bicyclic) bond motifs is 1. The Morgan fingerprint density at radius 3 is 2.59 bits per heavy atom. The molecule has 0 radical (unpaired) electrons. The van der Waals surface area contributed by atoms with Gasteiger partial charge < -0.3 is 19.1 Å². The third kappa shape index (κ3) is 4.79. The number of hydrogen-bond donors (Lipinski definition) is 0. The van der Waals surface area contributed by atoms with Gasteiger partial charge in [0.2, 0.25) is 0 Å². The zero-order valence-electron chi connectivity index (χ0n) is 16.6. The number of carbonyl (C=O) groups is 1. The second kappa shape index (κ2) is 8.69. The van der Waals surface area contributed by atoms with Crippen LogP contribution in [0.4, 0.5) is 0 Å². The van der Waals surface area contributed by atoms with Crippen LogP contribution in [-0.4, -0.2) is 48.7 Å². The second-order valence-corrected chi connectivity index (χ2v) is 8.11. The highest BCUT2D eigenvalue weighted by Crippen LogP contribution is 2.32. The van der Waals surface area contributed by atoms with Crippen LogP contribution in [0.5, 0.6) is 16.7 Å². The van der Waals surface area contributed by atoms with Crippen molar-refractivity contribution in [2.75, 3.05) is 26.8 Å². The van der Waals surface area contributed by atoms with Crippen molar-refractivity contribution >= 4 is 27.5 Å². The van der Waals surface area contributed by atoms with E-state index in [9.17, 15) is 4.79 Å². The number of rotatable bonds is 6. The van der Waals surface area contributed by atoms with Gasteiger partial charge in [0, 0.05) is 32.0 Å². The largest absolute Gasteiger partial charge is 0.497 e. The Labute approximate surface area is 174 Å². The number of thiazole rings is 1. The topological polar surface area (TPSA) is 60.9 Å². The molecule has 1 saturated heterocycles. The first-order chi connectivity index (χ1) is 14.1. The van der Waals surface area contributed by atoms with E-state index in [1.165, 1.54) is 11.3 Å². The molecule has 7 heteroatoms. The summed E-state index contributed by atoms with van der Waals surface area (Å²) >= 11 is 1.53. The average Bonchev–Trinajstić information content (AvgIpc) is 3.15. The lowest BCUT2D eigenvalue weighted by molar-refractivity contribution is -0.135. The van der Waals surface area contributed by atoms with Crippen molar-refractivity contribution in [2.45, 2.75) is 25.9 Å². The Hall–Kier alpha value is -2.80. The first kappa shape index (κ1) is 19.5. The maximum Gasteiger partial charge on any atom is 0.274 e. The van der Waals surface area contributed by atoms with Crippen LogP contribution in [0, 0.1) is 6.92 Å². The van der Waals surface area contributed by atoms with Crippen LogP contribution in [0.2, 0.25) is 0 Å². The number of hydrogen-bond acceptors (Lipinski definition) is 6. The fourth-order valence-corrected chi connectivity index (χ4v) is 4.16. The van der Waals surface area contributed by atoms with Crippen molar-refractivity contribution < 1.29 is 19.0 Å². The van der Waals surface area contributed by atoms with E-state index in [0.717, 1.165) is 40.1 Å². The van der Waals surface area contributed by atoms with E-state index < -0.39 is 0 Å². The molecule has 2 heterocycles. The minimum Gasteiger partial charge on any atom is -0.497 e. The summed E-state index contributed by atoms with van der Waals surface area (Å²) in [5.41, 5.74) is 2.04. The maximum atomic E-state index is 12.4. The van der Waals surface area contributed by atoms with Crippen molar-refractivity contribution in [1.29, 1.82) is 0 Å². The number of benzene rings is 2. The molecular formula is C22H24N2O4S. The number of piperidine rings is 1. The van der Waals surface area contributed by atoms with Crippen molar-refractivity contribution in [3.63, 3.8) is 0 Å². The molecule has 29 heavy (non-hydrogen) atoms. The fourth-order valence-electron chi connectivity index (χ4n) is 3.30. The van der Waals surface area contributed by atoms with E-state index in [2.05, 4.69) is 4.98 Å². The molecule has 2 aromatic carbocycles. The van der Waals surface area contributed by atoms with Crippen molar-refractivity contribution in [3.05, 3.63) is 48.0 Å². The highest BCUT2D eigenvalue weighted by atomic mass is 32.1. The molecule has 0 bridgehead atoms. The quantitative estimate of drug-likeness (QED) is 0.611. The van der Waals surface area contributed by atoms with Crippen LogP contribution in [0.1, 0.15) is 18.4 Å². The molecule has 0 aliphatic carbocycles. The number of methoxy groups -OCH3 is 1. The molecule has 152 valence electrons. The van der Waals surface area contributed by atoms with Crippen LogP contribution in [-0.2, 0) is 4.79 Å². The third-order valence-electron chi connectivity index (χ3n) is 5.02. The van der Waals surface area contributed by atoms with Gasteiger partial charge in [-0.1, -0.05) is 29.0 Å². The Kier molecular flexibility index (Phi) is 5.85. The van der Waals surface area contributed by atoms with E-state index >= 15 is 0 Å². The number of aromatic nitrogens is 1. The standard InChI is InChI=1S/C22H24N2O4S/c1-15-3-5-16(6-4-15)27-14-21(25)24-11-9-17(10-12-24)28-22-23-19-13-18(26-2)7-8-20(19)29-22/h3-8,13,17H,9-12,14H2,1-2H3. The molecule has 1 aromatic heterocycles. The Bertz CT molecular complexity index is 978. The van der Waals surface area contributed by atoms with Gasteiger partial charge in [-0.2, -0.15) is 0 Å². The number of likely N-dealkylation sites (tertiary alicyclic amines) is 1. The molecular weight excluding hydrogens is 388 g/mol. The normalized spacial score (nSPS) is 14.8. The first-order valence-electron chi connectivity index (χ1n) is 9.69. The van der Waals surface area contributed by atoms with Crippen LogP contribution >= 0.6 is 11.3 Å². The highest BCUT2D eigenvalue weighted by molar-refractivity contribution is 7.20. The molecule has 1 aliphatic rings. The lowest BCUT2D eigenvalue weighted by Crippen LogP contribution is -2.43. The molecule has 0 spiro atoms. The lowest BCUT2D eigenvalue weighted by atomic mass is 10.1. The predicted molar refractivity (Wildman–Crippen MR) is 113 cm³/mol. The molecule has 1 aliphatic heterocycles. The predicted octanol–water partition coefficient (Wildman–Crippen LogP) is 4.06. The van der Waals surface area contributed by atoms with Crippen LogP contribution in [0.3, 0.4) is 0 Å². The number of aryl methyl sites for hydroxylation is 1. The van der Waals surface area contributed by atoms with Gasteiger partial charge in [-0.3, -0.25) is 4.79 Å². The average molecular weight is 413 g/mol. The zero-order valence-corrected chi connectivity index (χ0v) is 17.4. The van der Waals surface area contributed by atoms with Crippen molar-refractivity contribution in [3.8, 4) is 16.7 Å². The molecule has 0 atom stereocenters. The van der Waals surface area contributed by atoms with E-state index in [1.54, 1.807) is 7.11 Å². The van der Waals surface area contributed by atoms with Gasteiger partial charge in [-0.15, -0.1) is 0 Å². The third-order valence-corrected chi connectivity index (χ3v) is 5.95. The summed E-state index contributed by atoms with van der Waals surface area (Å²) in [6.45, 7) is 3.42. The number of carbonyl (C=O) groups excluding carboxylic acids is 1. The van der Waals surface area contributed by atoms with Gasteiger partial charge in [-0.05, 0) is 31.2 Å². The fraction of sp³-hybridized carbons (Fsp3) is 0.364. The summed E-state index contributed by atoms with van der Waals surface area (Å²) < 4.78 is 18.0. The summed E-state index contributed by atoms with van der Waals surface area (Å²) in [5, 5.41) is 0.667. The molecule has 4 rings (SSSR count). The smallest absolute Gasteiger partial charge is 0.274 e. The van der Waals surface area contributed by atoms with Gasteiger partial charge in [0.1, 0.15) is 17.6 Å². The van der Waals surface area contributed by atoms with E-state index in [0.29, 0.717) is 18.3 Å². The van der Waals surface area contributed by atoms with Crippen LogP contribution in [0.15, 0.2) is 42.5 Å². The molecule has 1 fully saturated rings. The molecule has 1 amide bonds. The Morgan fingerprint density at radius 1 is 1.14 bits per heavy atom. The van der Waals surface area contributed by atoms with E-state index in [1.807, 2.05) is 54.3 Å². The SMILES string of the molecule is COc1ccc2sc(OC3CCN(C(=O)COc4ccc(C)cc4)CC3)nc2c1. The van der Waals surface area contributed by atoms with Gasteiger partial charge in [0.25, 0.3) is 11.1 Å². The lowest BCUT2D eigenvalue weighted by Gasteiger charge is -2.31. The molecule has 3 aromatic rings. The summed E-state index contributed by atoms with van der Waals surface area (Å²) in [6.07, 6.45) is 1.64. The summed E-state index contributed by atoms with van der Waals surface area (Å²) in [7, 11) is 1.64. The highest BCUT2D eigenvalue weighted by Gasteiger charge is 2.25. The molecule has 6 nitrogen and oxygen atoms in total. The van der Waals surface area contributed by atoms with Gasteiger partial charge >= 0.3 is 0 Å². The maximum absolute atomic E-state index is 12.4. The molecule has 0 N–H and O–H groups in total. The summed E-state index contributed by atoms with van der Waals surface area (Å²) in [6, 6.07) is 13.5. The first-order valence-corrected chi connectivity index (χ1v) is 10.5. The van der Waals surface area contributed by atoms with Crippen LogP contribution in [0.25, 0.3) is 10.2 Å². The Morgan fingerprint density at radius 2 is 1.86 bits per heavy atom. The minimum absolute atomic E-state index is 0.0103. The van der Waals surface area contributed by atoms with Crippen molar-refractivity contribution in [1.82, 2.24) is 9.88 Å². The van der Waals surface area contributed by atoms with Gasteiger partial charge in [0.15, 0.2) is 6.61 Å².